The molecule has 2 nitrogen and oxygen atoms in total. The Kier molecular flexibility index (Phi) is 5.07. The molecule has 0 radical (unpaired) electrons. The number of hydrogen-bond acceptors (Lipinski definition) is 2. The van der Waals surface area contributed by atoms with Crippen molar-refractivity contribution in [3.05, 3.63) is 95.6 Å². The highest BCUT2D eigenvalue weighted by Gasteiger charge is 2.06. The average Bonchev–Trinajstić information content (AvgIpc) is 2.61. The van der Waals surface area contributed by atoms with E-state index >= 15 is 0 Å². The van der Waals surface area contributed by atoms with Crippen molar-refractivity contribution in [2.45, 2.75) is 19.8 Å². The van der Waals surface area contributed by atoms with Gasteiger partial charge in [0.15, 0.2) is 5.78 Å². The molecule has 0 aliphatic heterocycles. The smallest absolute Gasteiger partial charge is 0.163 e. The first kappa shape index (κ1) is 16.0. The van der Waals surface area contributed by atoms with Gasteiger partial charge in [0.25, 0.3) is 0 Å². The normalized spacial score (nSPS) is 10.4. The second-order valence-corrected chi connectivity index (χ2v) is 5.85. The topological polar surface area (TPSA) is 26.3 Å². The Morgan fingerprint density at radius 2 is 1.54 bits per heavy atom. The molecule has 3 aromatic rings. The van der Waals surface area contributed by atoms with E-state index in [1.807, 2.05) is 85.8 Å². The van der Waals surface area contributed by atoms with E-state index in [9.17, 15) is 4.79 Å². The molecule has 0 unspecified atom stereocenters. The van der Waals surface area contributed by atoms with Crippen LogP contribution in [0.1, 0.15) is 27.9 Å². The molecule has 0 spiro atoms. The molecule has 3 rings (SSSR count). The van der Waals surface area contributed by atoms with Crippen molar-refractivity contribution >= 4 is 5.78 Å². The van der Waals surface area contributed by atoms with Crippen molar-refractivity contribution in [1.82, 2.24) is 0 Å². The summed E-state index contributed by atoms with van der Waals surface area (Å²) in [5.74, 6) is 1.77. The van der Waals surface area contributed by atoms with Crippen LogP contribution in [0, 0.1) is 6.92 Å². The van der Waals surface area contributed by atoms with Gasteiger partial charge in [-0.3, -0.25) is 4.79 Å². The lowest BCUT2D eigenvalue weighted by molar-refractivity contribution is 0.0983. The summed E-state index contributed by atoms with van der Waals surface area (Å²) in [7, 11) is 0. The summed E-state index contributed by atoms with van der Waals surface area (Å²) in [4.78, 5) is 12.3. The van der Waals surface area contributed by atoms with E-state index in [0.717, 1.165) is 28.2 Å². The Morgan fingerprint density at radius 1 is 0.833 bits per heavy atom. The molecule has 0 aromatic heterocycles. The zero-order valence-electron chi connectivity index (χ0n) is 13.7. The van der Waals surface area contributed by atoms with Crippen LogP contribution >= 0.6 is 0 Å². The standard InChI is InChI=1S/C22H20O2/c1-17-10-13-19(14-11-17)22(23)15-12-18-6-5-9-21(16-18)24-20-7-3-2-4-8-20/h2-11,13-14,16H,12,15H2,1H3. The van der Waals surface area contributed by atoms with Gasteiger partial charge >= 0.3 is 0 Å². The Morgan fingerprint density at radius 3 is 2.29 bits per heavy atom. The Hall–Kier alpha value is -2.87. The number of benzene rings is 3. The van der Waals surface area contributed by atoms with Gasteiger partial charge in [-0.25, -0.2) is 0 Å². The molecule has 120 valence electrons. The maximum absolute atomic E-state index is 12.3. The fourth-order valence-electron chi connectivity index (χ4n) is 2.53. The molecular weight excluding hydrogens is 296 g/mol. The maximum Gasteiger partial charge on any atom is 0.163 e. The summed E-state index contributed by atoms with van der Waals surface area (Å²) in [6, 6.07) is 25.3. The van der Waals surface area contributed by atoms with Gasteiger partial charge in [-0.15, -0.1) is 0 Å². The Bertz CT molecular complexity index is 805. The van der Waals surface area contributed by atoms with Crippen LogP contribution in [0.25, 0.3) is 0 Å². The first-order valence-corrected chi connectivity index (χ1v) is 8.12. The number of ketones is 1. The van der Waals surface area contributed by atoms with Crippen molar-refractivity contribution in [2.75, 3.05) is 0 Å². The van der Waals surface area contributed by atoms with E-state index in [4.69, 9.17) is 4.74 Å². The van der Waals surface area contributed by atoms with Crippen LogP contribution in [0.5, 0.6) is 11.5 Å². The molecule has 0 bridgehead atoms. The second-order valence-electron chi connectivity index (χ2n) is 5.85. The zero-order chi connectivity index (χ0) is 16.8. The first-order valence-electron chi connectivity index (χ1n) is 8.12. The van der Waals surface area contributed by atoms with E-state index in [0.29, 0.717) is 12.8 Å². The second kappa shape index (κ2) is 7.60. The number of aryl methyl sites for hydroxylation is 2. The van der Waals surface area contributed by atoms with Gasteiger partial charge in [-0.1, -0.05) is 60.2 Å². The lowest BCUT2D eigenvalue weighted by Crippen LogP contribution is -2.01. The molecule has 0 saturated carbocycles. The monoisotopic (exact) mass is 316 g/mol. The molecule has 0 fully saturated rings. The van der Waals surface area contributed by atoms with E-state index in [-0.39, 0.29) is 5.78 Å². The van der Waals surface area contributed by atoms with Gasteiger partial charge in [0.05, 0.1) is 0 Å². The third-order valence-corrected chi connectivity index (χ3v) is 3.89. The first-order chi connectivity index (χ1) is 11.7. The van der Waals surface area contributed by atoms with Gasteiger partial charge in [-0.2, -0.15) is 0 Å². The molecule has 0 heterocycles. The Balaban J connectivity index is 1.62. The number of rotatable bonds is 6. The van der Waals surface area contributed by atoms with Crippen LogP contribution in [0.4, 0.5) is 0 Å². The fraction of sp³-hybridized carbons (Fsp3) is 0.136. The van der Waals surface area contributed by atoms with Crippen LogP contribution in [-0.4, -0.2) is 5.78 Å². The molecule has 0 aliphatic carbocycles. The molecule has 2 heteroatoms. The number of carbonyl (C=O) groups excluding carboxylic acids is 1. The zero-order valence-corrected chi connectivity index (χ0v) is 13.7. The van der Waals surface area contributed by atoms with Crippen molar-refractivity contribution in [3.63, 3.8) is 0 Å². The van der Waals surface area contributed by atoms with Crippen LogP contribution in [-0.2, 0) is 6.42 Å². The summed E-state index contributed by atoms with van der Waals surface area (Å²) in [6.07, 6.45) is 1.20. The van der Waals surface area contributed by atoms with Gasteiger partial charge in [0.1, 0.15) is 11.5 Å². The third kappa shape index (κ3) is 4.32. The number of hydrogen-bond donors (Lipinski definition) is 0. The molecule has 0 amide bonds. The quantitative estimate of drug-likeness (QED) is 0.553. The van der Waals surface area contributed by atoms with Gasteiger partial charge in [0, 0.05) is 12.0 Å². The van der Waals surface area contributed by atoms with Crippen LogP contribution in [0.3, 0.4) is 0 Å². The predicted molar refractivity (Wildman–Crippen MR) is 96.8 cm³/mol. The molecule has 0 saturated heterocycles. The van der Waals surface area contributed by atoms with Crippen LogP contribution in [0.2, 0.25) is 0 Å². The third-order valence-electron chi connectivity index (χ3n) is 3.89. The van der Waals surface area contributed by atoms with Gasteiger partial charge in [-0.05, 0) is 43.2 Å². The molecular formula is C22H20O2. The van der Waals surface area contributed by atoms with Crippen molar-refractivity contribution < 1.29 is 9.53 Å². The maximum atomic E-state index is 12.3. The highest BCUT2D eigenvalue weighted by Crippen LogP contribution is 2.22. The minimum absolute atomic E-state index is 0.171. The lowest BCUT2D eigenvalue weighted by atomic mass is 10.0. The highest BCUT2D eigenvalue weighted by molar-refractivity contribution is 5.96. The van der Waals surface area contributed by atoms with Gasteiger partial charge in [0.2, 0.25) is 0 Å². The summed E-state index contributed by atoms with van der Waals surface area (Å²) >= 11 is 0. The number of para-hydroxylation sites is 1. The molecule has 0 aliphatic rings. The number of carbonyl (C=O) groups is 1. The molecule has 3 aromatic carbocycles. The average molecular weight is 316 g/mol. The number of ether oxygens (including phenoxy) is 1. The summed E-state index contributed by atoms with van der Waals surface area (Å²) in [5.41, 5.74) is 3.04. The highest BCUT2D eigenvalue weighted by atomic mass is 16.5. The summed E-state index contributed by atoms with van der Waals surface area (Å²) in [5, 5.41) is 0. The van der Waals surface area contributed by atoms with Crippen molar-refractivity contribution in [3.8, 4) is 11.5 Å². The SMILES string of the molecule is Cc1ccc(C(=O)CCc2cccc(Oc3ccccc3)c2)cc1. The van der Waals surface area contributed by atoms with Crippen molar-refractivity contribution in [1.29, 1.82) is 0 Å². The molecule has 0 atom stereocenters. The summed E-state index contributed by atoms with van der Waals surface area (Å²) < 4.78 is 5.84. The predicted octanol–water partition coefficient (Wildman–Crippen LogP) is 5.60. The van der Waals surface area contributed by atoms with E-state index in [1.54, 1.807) is 0 Å². The van der Waals surface area contributed by atoms with Crippen LogP contribution < -0.4 is 4.74 Å². The minimum atomic E-state index is 0.171. The number of Topliss-reactive ketones (excluding diaryl/α,β-unsaturated/α-hetero) is 1. The van der Waals surface area contributed by atoms with Crippen molar-refractivity contribution in [2.24, 2.45) is 0 Å². The van der Waals surface area contributed by atoms with Gasteiger partial charge < -0.3 is 4.74 Å². The minimum Gasteiger partial charge on any atom is -0.457 e. The van der Waals surface area contributed by atoms with E-state index in [1.165, 1.54) is 0 Å². The molecule has 0 N–H and O–H groups in total. The van der Waals surface area contributed by atoms with E-state index < -0.39 is 0 Å². The fourth-order valence-corrected chi connectivity index (χ4v) is 2.53. The van der Waals surface area contributed by atoms with Crippen LogP contribution in [0.15, 0.2) is 78.9 Å². The van der Waals surface area contributed by atoms with E-state index in [2.05, 4.69) is 0 Å². The largest absolute Gasteiger partial charge is 0.457 e. The Labute approximate surface area is 142 Å². The summed E-state index contributed by atoms with van der Waals surface area (Å²) in [6.45, 7) is 2.02. The lowest BCUT2D eigenvalue weighted by Gasteiger charge is -2.08. The molecule has 24 heavy (non-hydrogen) atoms.